The second kappa shape index (κ2) is 7.77. The molecule has 0 bridgehead atoms. The third kappa shape index (κ3) is 4.18. The van der Waals surface area contributed by atoms with Crippen LogP contribution in [-0.4, -0.2) is 27.9 Å². The number of aromatic nitrogens is 2. The minimum Gasteiger partial charge on any atom is -0.315 e. The number of hydrogen-bond acceptors (Lipinski definition) is 5. The lowest BCUT2D eigenvalue weighted by atomic mass is 10.1. The fraction of sp³-hybridized carbons (Fsp3) is 0.357. The monoisotopic (exact) mass is 341 g/mol. The van der Waals surface area contributed by atoms with Crippen molar-refractivity contribution in [3.63, 3.8) is 0 Å². The summed E-state index contributed by atoms with van der Waals surface area (Å²) in [5, 5.41) is 4.56. The lowest BCUT2D eigenvalue weighted by Gasteiger charge is -2.12. The average Bonchev–Trinajstić information content (AvgIpc) is 2.86. The van der Waals surface area contributed by atoms with Crippen molar-refractivity contribution in [1.82, 2.24) is 9.97 Å². The standard InChI is InChI=1S/C14H16ClN3OS2/c1-3-9(8-20-2)12(19)18-14-11(15)17-13(21-14)10-5-4-6-16-7-10/h4-7,9H,3,8H2,1-2H3,(H,18,19). The summed E-state index contributed by atoms with van der Waals surface area (Å²) in [6.07, 6.45) is 6.23. The number of thiazole rings is 1. The van der Waals surface area contributed by atoms with E-state index >= 15 is 0 Å². The van der Waals surface area contributed by atoms with Gasteiger partial charge < -0.3 is 5.32 Å². The summed E-state index contributed by atoms with van der Waals surface area (Å²) in [6.45, 7) is 2.01. The molecule has 21 heavy (non-hydrogen) atoms. The number of rotatable bonds is 6. The van der Waals surface area contributed by atoms with E-state index in [0.29, 0.717) is 10.2 Å². The van der Waals surface area contributed by atoms with Gasteiger partial charge >= 0.3 is 0 Å². The third-order valence-electron chi connectivity index (χ3n) is 2.96. The molecule has 0 radical (unpaired) electrons. The summed E-state index contributed by atoms with van der Waals surface area (Å²) in [5.41, 5.74) is 0.890. The van der Waals surface area contributed by atoms with Gasteiger partial charge in [-0.2, -0.15) is 11.8 Å². The predicted octanol–water partition coefficient (Wildman–Crippen LogP) is 4.19. The van der Waals surface area contributed by atoms with Gasteiger partial charge in [-0.25, -0.2) is 4.98 Å². The number of hydrogen-bond donors (Lipinski definition) is 1. The van der Waals surface area contributed by atoms with Crippen LogP contribution in [0.5, 0.6) is 0 Å². The Labute approximate surface area is 137 Å². The van der Waals surface area contributed by atoms with Crippen LogP contribution in [0, 0.1) is 5.92 Å². The largest absolute Gasteiger partial charge is 0.315 e. The smallest absolute Gasteiger partial charge is 0.228 e. The van der Waals surface area contributed by atoms with Crippen LogP contribution in [0.2, 0.25) is 5.15 Å². The van der Waals surface area contributed by atoms with Gasteiger partial charge in [-0.3, -0.25) is 9.78 Å². The maximum Gasteiger partial charge on any atom is 0.228 e. The number of thioether (sulfide) groups is 1. The average molecular weight is 342 g/mol. The van der Waals surface area contributed by atoms with E-state index in [-0.39, 0.29) is 11.8 Å². The van der Waals surface area contributed by atoms with E-state index in [9.17, 15) is 4.79 Å². The molecule has 2 aromatic heterocycles. The Morgan fingerprint density at radius 1 is 1.57 bits per heavy atom. The molecule has 2 rings (SSSR count). The molecule has 2 aromatic rings. The second-order valence-corrected chi connectivity index (χ2v) is 6.70. The molecular formula is C14H16ClN3OS2. The van der Waals surface area contributed by atoms with Crippen LogP contribution in [0.3, 0.4) is 0 Å². The lowest BCUT2D eigenvalue weighted by Crippen LogP contribution is -2.23. The molecule has 0 aliphatic rings. The van der Waals surface area contributed by atoms with E-state index in [1.807, 2.05) is 25.3 Å². The summed E-state index contributed by atoms with van der Waals surface area (Å²) in [5.74, 6) is 0.781. The van der Waals surface area contributed by atoms with Crippen molar-refractivity contribution >= 4 is 45.6 Å². The Kier molecular flexibility index (Phi) is 6.02. The molecule has 0 saturated heterocycles. The van der Waals surface area contributed by atoms with Crippen molar-refractivity contribution in [3.05, 3.63) is 29.7 Å². The van der Waals surface area contributed by atoms with Crippen molar-refractivity contribution in [2.24, 2.45) is 5.92 Å². The second-order valence-electron chi connectivity index (χ2n) is 4.43. The van der Waals surface area contributed by atoms with Crippen LogP contribution in [0.15, 0.2) is 24.5 Å². The summed E-state index contributed by atoms with van der Waals surface area (Å²) in [6, 6.07) is 3.75. The van der Waals surface area contributed by atoms with E-state index in [0.717, 1.165) is 22.7 Å². The van der Waals surface area contributed by atoms with E-state index in [1.165, 1.54) is 11.3 Å². The van der Waals surface area contributed by atoms with Crippen molar-refractivity contribution in [2.75, 3.05) is 17.3 Å². The van der Waals surface area contributed by atoms with Gasteiger partial charge in [0.1, 0.15) is 10.0 Å². The molecule has 1 N–H and O–H groups in total. The number of nitrogens with zero attached hydrogens (tertiary/aromatic N) is 2. The first kappa shape index (κ1) is 16.3. The molecule has 0 saturated carbocycles. The van der Waals surface area contributed by atoms with Gasteiger partial charge in [0, 0.05) is 29.6 Å². The van der Waals surface area contributed by atoms with Crippen LogP contribution >= 0.6 is 34.7 Å². The van der Waals surface area contributed by atoms with Crippen LogP contribution in [0.25, 0.3) is 10.6 Å². The molecule has 0 spiro atoms. The van der Waals surface area contributed by atoms with Crippen molar-refractivity contribution in [1.29, 1.82) is 0 Å². The Balaban J connectivity index is 2.15. The Bertz CT molecular complexity index is 604. The van der Waals surface area contributed by atoms with E-state index in [1.54, 1.807) is 24.2 Å². The molecule has 1 atom stereocenters. The van der Waals surface area contributed by atoms with Gasteiger partial charge in [0.15, 0.2) is 5.15 Å². The van der Waals surface area contributed by atoms with Crippen molar-refractivity contribution in [2.45, 2.75) is 13.3 Å². The molecule has 0 aromatic carbocycles. The molecule has 0 aliphatic heterocycles. The highest BCUT2D eigenvalue weighted by Gasteiger charge is 2.19. The number of pyridine rings is 1. The highest BCUT2D eigenvalue weighted by Crippen LogP contribution is 2.35. The van der Waals surface area contributed by atoms with E-state index < -0.39 is 0 Å². The minimum atomic E-state index is -0.0139. The zero-order chi connectivity index (χ0) is 15.2. The third-order valence-corrected chi connectivity index (χ3v) is 5.10. The number of nitrogens with one attached hydrogen (secondary N) is 1. The normalized spacial score (nSPS) is 12.1. The minimum absolute atomic E-state index is 0.00450. The number of halogens is 1. The highest BCUT2D eigenvalue weighted by atomic mass is 35.5. The van der Waals surface area contributed by atoms with Crippen molar-refractivity contribution in [3.8, 4) is 10.6 Å². The number of anilines is 1. The first-order valence-electron chi connectivity index (χ1n) is 6.52. The zero-order valence-electron chi connectivity index (χ0n) is 11.8. The van der Waals surface area contributed by atoms with Gasteiger partial charge in [-0.15, -0.1) is 0 Å². The number of carbonyl (C=O) groups is 1. The molecule has 1 unspecified atom stereocenters. The summed E-state index contributed by atoms with van der Waals surface area (Å²) in [4.78, 5) is 20.6. The summed E-state index contributed by atoms with van der Waals surface area (Å²) < 4.78 is 0. The SMILES string of the molecule is CCC(CSC)C(=O)Nc1sc(-c2cccnc2)nc1Cl. The lowest BCUT2D eigenvalue weighted by molar-refractivity contribution is -0.119. The maximum absolute atomic E-state index is 12.2. The predicted molar refractivity (Wildman–Crippen MR) is 91.1 cm³/mol. The molecule has 2 heterocycles. The molecule has 7 heteroatoms. The Morgan fingerprint density at radius 2 is 2.38 bits per heavy atom. The first-order chi connectivity index (χ1) is 10.2. The molecule has 0 fully saturated rings. The zero-order valence-corrected chi connectivity index (χ0v) is 14.2. The van der Waals surface area contributed by atoms with Gasteiger partial charge in [0.25, 0.3) is 0 Å². The molecular weight excluding hydrogens is 326 g/mol. The Hall–Kier alpha value is -1.11. The fourth-order valence-electron chi connectivity index (χ4n) is 1.79. The first-order valence-corrected chi connectivity index (χ1v) is 9.11. The van der Waals surface area contributed by atoms with Gasteiger partial charge in [0.05, 0.1) is 0 Å². The molecule has 1 amide bonds. The van der Waals surface area contributed by atoms with Crippen molar-refractivity contribution < 1.29 is 4.79 Å². The van der Waals surface area contributed by atoms with Gasteiger partial charge in [-0.05, 0) is 24.8 Å². The van der Waals surface area contributed by atoms with Gasteiger partial charge in [0.2, 0.25) is 5.91 Å². The quantitative estimate of drug-likeness (QED) is 0.856. The number of carbonyl (C=O) groups excluding carboxylic acids is 1. The fourth-order valence-corrected chi connectivity index (χ4v) is 3.72. The van der Waals surface area contributed by atoms with Crippen LogP contribution in [0.4, 0.5) is 5.00 Å². The van der Waals surface area contributed by atoms with E-state index in [2.05, 4.69) is 15.3 Å². The number of amides is 1. The van der Waals surface area contributed by atoms with Crippen LogP contribution < -0.4 is 5.32 Å². The molecule has 4 nitrogen and oxygen atoms in total. The van der Waals surface area contributed by atoms with Crippen LogP contribution in [-0.2, 0) is 4.79 Å². The highest BCUT2D eigenvalue weighted by molar-refractivity contribution is 7.98. The molecule has 112 valence electrons. The topological polar surface area (TPSA) is 54.9 Å². The van der Waals surface area contributed by atoms with Gasteiger partial charge in [-0.1, -0.05) is 29.9 Å². The Morgan fingerprint density at radius 3 is 3.00 bits per heavy atom. The maximum atomic E-state index is 12.2. The molecule has 0 aliphatic carbocycles. The summed E-state index contributed by atoms with van der Waals surface area (Å²) in [7, 11) is 0. The van der Waals surface area contributed by atoms with E-state index in [4.69, 9.17) is 11.6 Å². The van der Waals surface area contributed by atoms with Crippen LogP contribution in [0.1, 0.15) is 13.3 Å². The summed E-state index contributed by atoms with van der Waals surface area (Å²) >= 11 is 9.15.